The van der Waals surface area contributed by atoms with Gasteiger partial charge in [0.1, 0.15) is 5.82 Å². The van der Waals surface area contributed by atoms with Crippen molar-refractivity contribution in [1.82, 2.24) is 24.2 Å². The average molecular weight is 415 g/mol. The molecule has 0 saturated carbocycles. The summed E-state index contributed by atoms with van der Waals surface area (Å²) in [5.74, 6) is -0.772. The van der Waals surface area contributed by atoms with Gasteiger partial charge in [-0.15, -0.1) is 0 Å². The summed E-state index contributed by atoms with van der Waals surface area (Å²) in [6.07, 6.45) is 3.30. The molecule has 1 N–H and O–H groups in total. The summed E-state index contributed by atoms with van der Waals surface area (Å²) in [6.45, 7) is 6.95. The minimum Gasteiger partial charge on any atom is -0.475 e. The largest absolute Gasteiger partial charge is 0.490 e. The molecule has 2 aromatic heterocycles. The van der Waals surface area contributed by atoms with Gasteiger partial charge in [0.05, 0.1) is 18.8 Å². The summed E-state index contributed by atoms with van der Waals surface area (Å²) in [5, 5.41) is 11.4. The van der Waals surface area contributed by atoms with Gasteiger partial charge in [-0.1, -0.05) is 0 Å². The summed E-state index contributed by atoms with van der Waals surface area (Å²) in [7, 11) is 0. The highest BCUT2D eigenvalue weighted by Gasteiger charge is 2.38. The Bertz CT molecular complexity index is 785. The number of carboxylic acid groups (broad SMARTS) is 1. The number of alkyl halides is 3. The van der Waals surface area contributed by atoms with E-state index < -0.39 is 12.1 Å². The van der Waals surface area contributed by atoms with E-state index in [9.17, 15) is 13.2 Å². The molecule has 0 aromatic carbocycles. The Labute approximate surface area is 165 Å². The van der Waals surface area contributed by atoms with Crippen molar-refractivity contribution in [2.75, 3.05) is 26.3 Å². The molecule has 0 aliphatic carbocycles. The number of hydrogen-bond donors (Lipinski definition) is 1. The van der Waals surface area contributed by atoms with Crippen LogP contribution in [0, 0.1) is 5.92 Å². The Kier molecular flexibility index (Phi) is 6.91. The number of halogens is 3. The SMILES string of the molecule is O=C(O)C(F)(F)F.c1cnn(Cc2cn3c(n2)CN(CC2CCOCC2)CC3)c1. The quantitative estimate of drug-likeness (QED) is 0.822. The van der Waals surface area contributed by atoms with Gasteiger partial charge in [0.15, 0.2) is 0 Å². The van der Waals surface area contributed by atoms with Gasteiger partial charge in [0, 0.05) is 51.4 Å². The van der Waals surface area contributed by atoms with Gasteiger partial charge in [-0.05, 0) is 24.8 Å². The Morgan fingerprint density at radius 2 is 2.00 bits per heavy atom. The fourth-order valence-electron chi connectivity index (χ4n) is 3.45. The second-order valence-electron chi connectivity index (χ2n) is 7.14. The first-order chi connectivity index (χ1) is 13.8. The van der Waals surface area contributed by atoms with Crippen LogP contribution < -0.4 is 0 Å². The maximum atomic E-state index is 10.6. The molecule has 8 nitrogen and oxygen atoms in total. The number of imidazole rings is 1. The lowest BCUT2D eigenvalue weighted by Crippen LogP contribution is -2.38. The van der Waals surface area contributed by atoms with Crippen LogP contribution in [-0.2, 0) is 29.2 Å². The molecule has 0 bridgehead atoms. The lowest BCUT2D eigenvalue weighted by atomic mass is 9.99. The van der Waals surface area contributed by atoms with Crippen molar-refractivity contribution in [2.24, 2.45) is 5.92 Å². The molecular weight excluding hydrogens is 391 g/mol. The molecule has 160 valence electrons. The predicted molar refractivity (Wildman–Crippen MR) is 96.1 cm³/mol. The molecule has 0 unspecified atom stereocenters. The Balaban J connectivity index is 0.000000298. The summed E-state index contributed by atoms with van der Waals surface area (Å²) >= 11 is 0. The molecule has 11 heteroatoms. The lowest BCUT2D eigenvalue weighted by Gasteiger charge is -2.32. The van der Waals surface area contributed by atoms with Crippen LogP contribution >= 0.6 is 0 Å². The van der Waals surface area contributed by atoms with Crippen LogP contribution in [0.5, 0.6) is 0 Å². The molecule has 1 fully saturated rings. The Morgan fingerprint density at radius 1 is 1.28 bits per heavy atom. The number of ether oxygens (including phenoxy) is 1. The minimum atomic E-state index is -5.08. The minimum absolute atomic E-state index is 0.757. The molecule has 2 aromatic rings. The highest BCUT2D eigenvalue weighted by molar-refractivity contribution is 5.73. The lowest BCUT2D eigenvalue weighted by molar-refractivity contribution is -0.192. The van der Waals surface area contributed by atoms with E-state index >= 15 is 0 Å². The van der Waals surface area contributed by atoms with Crippen LogP contribution in [0.1, 0.15) is 24.4 Å². The van der Waals surface area contributed by atoms with E-state index in [0.29, 0.717) is 0 Å². The van der Waals surface area contributed by atoms with Gasteiger partial charge in [0.2, 0.25) is 0 Å². The molecule has 0 amide bonds. The summed E-state index contributed by atoms with van der Waals surface area (Å²) in [6, 6.07) is 1.95. The van der Waals surface area contributed by atoms with E-state index in [1.165, 1.54) is 25.2 Å². The maximum absolute atomic E-state index is 10.6. The zero-order valence-electron chi connectivity index (χ0n) is 15.9. The highest BCUT2D eigenvalue weighted by atomic mass is 19.4. The van der Waals surface area contributed by atoms with E-state index in [2.05, 4.69) is 20.8 Å². The number of fused-ring (bicyclic) bond motifs is 1. The number of aliphatic carboxylic acids is 1. The van der Waals surface area contributed by atoms with E-state index in [1.807, 2.05) is 23.1 Å². The molecular formula is C18H24F3N5O3. The monoisotopic (exact) mass is 415 g/mol. The molecule has 2 aliphatic rings. The van der Waals surface area contributed by atoms with Crippen molar-refractivity contribution in [3.05, 3.63) is 36.2 Å². The number of rotatable bonds is 4. The van der Waals surface area contributed by atoms with Crippen molar-refractivity contribution >= 4 is 5.97 Å². The van der Waals surface area contributed by atoms with Crippen molar-refractivity contribution < 1.29 is 27.8 Å². The summed E-state index contributed by atoms with van der Waals surface area (Å²) in [4.78, 5) is 16.3. The predicted octanol–water partition coefficient (Wildman–Crippen LogP) is 2.00. The third-order valence-corrected chi connectivity index (χ3v) is 4.91. The van der Waals surface area contributed by atoms with Gasteiger partial charge in [-0.25, -0.2) is 9.78 Å². The van der Waals surface area contributed by atoms with Crippen molar-refractivity contribution in [1.29, 1.82) is 0 Å². The molecule has 1 saturated heterocycles. The Morgan fingerprint density at radius 3 is 2.62 bits per heavy atom. The standard InChI is InChI=1S/C16H23N5O.C2HF3O2/c1-4-17-21(5-1)12-15-11-20-7-6-19(13-16(20)18-15)10-14-2-8-22-9-3-14;3-2(4,5)1(6)7/h1,4-5,11,14H,2-3,6-10,12-13H2;(H,6,7). The Hall–Kier alpha value is -2.40. The number of carbonyl (C=O) groups is 1. The van der Waals surface area contributed by atoms with Gasteiger partial charge < -0.3 is 14.4 Å². The second-order valence-corrected chi connectivity index (χ2v) is 7.14. The molecule has 0 radical (unpaired) electrons. The van der Waals surface area contributed by atoms with Gasteiger partial charge in [0.25, 0.3) is 0 Å². The van der Waals surface area contributed by atoms with Gasteiger partial charge in [-0.3, -0.25) is 9.58 Å². The van der Waals surface area contributed by atoms with Crippen molar-refractivity contribution in [3.63, 3.8) is 0 Å². The van der Waals surface area contributed by atoms with Crippen LogP contribution in [-0.4, -0.2) is 67.8 Å². The van der Waals surface area contributed by atoms with E-state index in [1.54, 1.807) is 0 Å². The molecule has 4 rings (SSSR count). The number of nitrogens with zero attached hydrogens (tertiary/aromatic N) is 5. The normalized spacial score (nSPS) is 18.0. The van der Waals surface area contributed by atoms with Gasteiger partial charge >= 0.3 is 12.1 Å². The van der Waals surface area contributed by atoms with E-state index in [0.717, 1.165) is 51.0 Å². The molecule has 2 aliphatic heterocycles. The second kappa shape index (κ2) is 9.40. The summed E-state index contributed by atoms with van der Waals surface area (Å²) in [5.41, 5.74) is 1.10. The fourth-order valence-corrected chi connectivity index (χ4v) is 3.45. The topological polar surface area (TPSA) is 85.4 Å². The fraction of sp³-hybridized carbons (Fsp3) is 0.611. The van der Waals surface area contributed by atoms with Crippen molar-refractivity contribution in [2.45, 2.75) is 38.7 Å². The smallest absolute Gasteiger partial charge is 0.475 e. The van der Waals surface area contributed by atoms with Gasteiger partial charge in [-0.2, -0.15) is 18.3 Å². The van der Waals surface area contributed by atoms with Crippen LogP contribution in [0.4, 0.5) is 13.2 Å². The number of carboxylic acids is 1. The van der Waals surface area contributed by atoms with Crippen molar-refractivity contribution in [3.8, 4) is 0 Å². The number of aromatic nitrogens is 4. The zero-order valence-corrected chi connectivity index (χ0v) is 15.9. The van der Waals surface area contributed by atoms with Crippen LogP contribution in [0.3, 0.4) is 0 Å². The first-order valence-corrected chi connectivity index (χ1v) is 9.44. The average Bonchev–Trinajstić information content (AvgIpc) is 3.31. The third-order valence-electron chi connectivity index (χ3n) is 4.91. The first kappa shape index (κ1) is 21.3. The first-order valence-electron chi connectivity index (χ1n) is 9.44. The molecule has 29 heavy (non-hydrogen) atoms. The van der Waals surface area contributed by atoms with Crippen LogP contribution in [0.25, 0.3) is 0 Å². The highest BCUT2D eigenvalue weighted by Crippen LogP contribution is 2.20. The van der Waals surface area contributed by atoms with Crippen LogP contribution in [0.15, 0.2) is 24.7 Å². The van der Waals surface area contributed by atoms with Crippen LogP contribution in [0.2, 0.25) is 0 Å². The molecule has 0 atom stereocenters. The molecule has 0 spiro atoms. The van der Waals surface area contributed by atoms with E-state index in [-0.39, 0.29) is 0 Å². The molecule has 4 heterocycles. The summed E-state index contributed by atoms with van der Waals surface area (Å²) < 4.78 is 41.4. The third kappa shape index (κ3) is 6.29. The number of hydrogen-bond acceptors (Lipinski definition) is 5. The maximum Gasteiger partial charge on any atom is 0.490 e. The zero-order chi connectivity index (χ0) is 20.9. The van der Waals surface area contributed by atoms with E-state index in [4.69, 9.17) is 19.6 Å².